The van der Waals surface area contributed by atoms with Gasteiger partial charge in [0.2, 0.25) is 11.8 Å². The van der Waals surface area contributed by atoms with E-state index >= 15 is 0 Å². The zero-order valence-corrected chi connectivity index (χ0v) is 12.5. The molecule has 19 heavy (non-hydrogen) atoms. The van der Waals surface area contributed by atoms with Gasteiger partial charge in [-0.1, -0.05) is 26.7 Å². The van der Waals surface area contributed by atoms with Crippen molar-refractivity contribution >= 4 is 11.8 Å². The van der Waals surface area contributed by atoms with Gasteiger partial charge in [-0.25, -0.2) is 0 Å². The van der Waals surface area contributed by atoms with E-state index in [1.807, 2.05) is 34.6 Å². The van der Waals surface area contributed by atoms with Crippen LogP contribution in [-0.2, 0) is 9.59 Å². The SMILES string of the molecule is C#CC(C)(C)N1C(=O)C(CC)(CC)NC(=O)C1CC. The molecule has 106 valence electrons. The van der Waals surface area contributed by atoms with Crippen molar-refractivity contribution in [3.05, 3.63) is 0 Å². The second-order valence-corrected chi connectivity index (χ2v) is 5.58. The summed E-state index contributed by atoms with van der Waals surface area (Å²) < 4.78 is 0. The van der Waals surface area contributed by atoms with E-state index in [0.29, 0.717) is 19.3 Å². The summed E-state index contributed by atoms with van der Waals surface area (Å²) in [5.74, 6) is 2.47. The number of amides is 2. The molecule has 0 aromatic carbocycles. The van der Waals surface area contributed by atoms with E-state index in [-0.39, 0.29) is 11.8 Å². The Morgan fingerprint density at radius 3 is 2.21 bits per heavy atom. The van der Waals surface area contributed by atoms with E-state index in [9.17, 15) is 9.59 Å². The topological polar surface area (TPSA) is 49.4 Å². The van der Waals surface area contributed by atoms with Crippen LogP contribution in [0.5, 0.6) is 0 Å². The van der Waals surface area contributed by atoms with Crippen LogP contribution in [0.25, 0.3) is 0 Å². The molecular weight excluding hydrogens is 240 g/mol. The Morgan fingerprint density at radius 2 is 1.84 bits per heavy atom. The lowest BCUT2D eigenvalue weighted by molar-refractivity contribution is -0.160. The van der Waals surface area contributed by atoms with Crippen LogP contribution in [0.1, 0.15) is 53.9 Å². The van der Waals surface area contributed by atoms with Crippen molar-refractivity contribution in [1.82, 2.24) is 10.2 Å². The second-order valence-electron chi connectivity index (χ2n) is 5.58. The fourth-order valence-corrected chi connectivity index (χ4v) is 2.67. The minimum Gasteiger partial charge on any atom is -0.340 e. The Bertz CT molecular complexity index is 416. The molecule has 1 saturated heterocycles. The highest BCUT2D eigenvalue weighted by Gasteiger charge is 2.52. The summed E-state index contributed by atoms with van der Waals surface area (Å²) in [6, 6.07) is -0.482. The Morgan fingerprint density at radius 1 is 1.32 bits per heavy atom. The van der Waals surface area contributed by atoms with Crippen molar-refractivity contribution < 1.29 is 9.59 Å². The van der Waals surface area contributed by atoms with Crippen LogP contribution in [0.15, 0.2) is 0 Å². The van der Waals surface area contributed by atoms with E-state index in [2.05, 4.69) is 11.2 Å². The quantitative estimate of drug-likeness (QED) is 0.786. The summed E-state index contributed by atoms with van der Waals surface area (Å²) in [6.07, 6.45) is 7.26. The molecule has 1 fully saturated rings. The first-order valence-corrected chi connectivity index (χ1v) is 6.93. The largest absolute Gasteiger partial charge is 0.340 e. The predicted octanol–water partition coefficient (Wildman–Crippen LogP) is 1.69. The van der Waals surface area contributed by atoms with E-state index in [1.165, 1.54) is 0 Å². The number of carbonyl (C=O) groups excluding carboxylic acids is 2. The smallest absolute Gasteiger partial charge is 0.250 e. The molecule has 4 heteroatoms. The van der Waals surface area contributed by atoms with Gasteiger partial charge >= 0.3 is 0 Å². The lowest BCUT2D eigenvalue weighted by Gasteiger charge is -2.50. The molecule has 0 spiro atoms. The minimum absolute atomic E-state index is 0.0631. The lowest BCUT2D eigenvalue weighted by atomic mass is 9.84. The fraction of sp³-hybridized carbons (Fsp3) is 0.733. The maximum absolute atomic E-state index is 12.8. The van der Waals surface area contributed by atoms with E-state index in [4.69, 9.17) is 6.42 Å². The number of rotatable bonds is 4. The molecule has 0 aromatic heterocycles. The molecule has 0 radical (unpaired) electrons. The summed E-state index contributed by atoms with van der Waals surface area (Å²) in [4.78, 5) is 26.7. The Labute approximate surface area is 115 Å². The van der Waals surface area contributed by atoms with E-state index in [0.717, 1.165) is 0 Å². The monoisotopic (exact) mass is 264 g/mol. The highest BCUT2D eigenvalue weighted by Crippen LogP contribution is 2.31. The molecule has 1 rings (SSSR count). The third kappa shape index (κ3) is 2.34. The molecule has 0 aromatic rings. The maximum Gasteiger partial charge on any atom is 0.250 e. The lowest BCUT2D eigenvalue weighted by Crippen LogP contribution is -2.73. The standard InChI is InChI=1S/C15H24N2O2/c1-7-11-12(18)16-15(9-3,10-4)13(19)17(11)14(5,6)8-2/h2,11H,7,9-10H2,1,3-6H3,(H,16,18). The number of carbonyl (C=O) groups is 2. The molecule has 0 bridgehead atoms. The molecule has 0 saturated carbocycles. The van der Waals surface area contributed by atoms with Crippen LogP contribution in [0.3, 0.4) is 0 Å². The molecule has 4 nitrogen and oxygen atoms in total. The highest BCUT2D eigenvalue weighted by molar-refractivity contribution is 6.00. The molecule has 1 aliphatic heterocycles. The van der Waals surface area contributed by atoms with Gasteiger partial charge in [-0.3, -0.25) is 9.59 Å². The van der Waals surface area contributed by atoms with Crippen LogP contribution in [0, 0.1) is 12.3 Å². The summed E-state index contributed by atoms with van der Waals surface area (Å²) in [7, 11) is 0. The number of terminal acetylenes is 1. The van der Waals surface area contributed by atoms with Crippen molar-refractivity contribution in [1.29, 1.82) is 0 Å². The van der Waals surface area contributed by atoms with Gasteiger partial charge in [-0.2, -0.15) is 0 Å². The molecular formula is C15H24N2O2. The van der Waals surface area contributed by atoms with Crippen LogP contribution < -0.4 is 5.32 Å². The molecule has 1 unspecified atom stereocenters. The third-order valence-corrected chi connectivity index (χ3v) is 4.15. The third-order valence-electron chi connectivity index (χ3n) is 4.15. The first kappa shape index (κ1) is 15.6. The average Bonchev–Trinajstić information content (AvgIpc) is 2.40. The number of nitrogens with zero attached hydrogens (tertiary/aromatic N) is 1. The van der Waals surface area contributed by atoms with Crippen molar-refractivity contribution in [2.45, 2.75) is 71.0 Å². The Balaban J connectivity index is 3.33. The van der Waals surface area contributed by atoms with Gasteiger partial charge in [0.1, 0.15) is 11.6 Å². The number of piperazine rings is 1. The molecule has 1 heterocycles. The van der Waals surface area contributed by atoms with Gasteiger partial charge in [0.25, 0.3) is 0 Å². The summed E-state index contributed by atoms with van der Waals surface area (Å²) in [5.41, 5.74) is -1.57. The van der Waals surface area contributed by atoms with Gasteiger partial charge in [0.15, 0.2) is 0 Å². The first-order chi connectivity index (χ1) is 8.79. The molecule has 1 aliphatic rings. The fourth-order valence-electron chi connectivity index (χ4n) is 2.67. The normalized spacial score (nSPS) is 22.9. The van der Waals surface area contributed by atoms with Crippen molar-refractivity contribution in [3.63, 3.8) is 0 Å². The summed E-state index contributed by atoms with van der Waals surface area (Å²) in [6.45, 7) is 9.33. The van der Waals surface area contributed by atoms with Crippen molar-refractivity contribution in [3.8, 4) is 12.3 Å². The average molecular weight is 264 g/mol. The van der Waals surface area contributed by atoms with Gasteiger partial charge in [0, 0.05) is 0 Å². The van der Waals surface area contributed by atoms with Crippen molar-refractivity contribution in [2.75, 3.05) is 0 Å². The molecule has 0 aliphatic carbocycles. The maximum atomic E-state index is 12.8. The van der Waals surface area contributed by atoms with Gasteiger partial charge < -0.3 is 10.2 Å². The van der Waals surface area contributed by atoms with Crippen LogP contribution >= 0.6 is 0 Å². The van der Waals surface area contributed by atoms with Crippen LogP contribution in [-0.4, -0.2) is 33.8 Å². The zero-order chi connectivity index (χ0) is 14.8. The molecule has 1 N–H and O–H groups in total. The van der Waals surface area contributed by atoms with Gasteiger partial charge in [-0.15, -0.1) is 6.42 Å². The van der Waals surface area contributed by atoms with Crippen molar-refractivity contribution in [2.24, 2.45) is 0 Å². The van der Waals surface area contributed by atoms with Gasteiger partial charge in [0.05, 0.1) is 5.54 Å². The predicted molar refractivity (Wildman–Crippen MR) is 75.3 cm³/mol. The zero-order valence-electron chi connectivity index (χ0n) is 12.5. The van der Waals surface area contributed by atoms with E-state index in [1.54, 1.807) is 4.90 Å². The summed E-state index contributed by atoms with van der Waals surface area (Å²) in [5, 5.41) is 2.91. The highest BCUT2D eigenvalue weighted by atomic mass is 16.2. The molecule has 1 atom stereocenters. The second kappa shape index (κ2) is 5.24. The number of hydrogen-bond donors (Lipinski definition) is 1. The van der Waals surface area contributed by atoms with E-state index < -0.39 is 17.1 Å². The Kier molecular flexibility index (Phi) is 4.29. The van der Waals surface area contributed by atoms with Crippen LogP contribution in [0.4, 0.5) is 0 Å². The number of nitrogens with one attached hydrogen (secondary N) is 1. The summed E-state index contributed by atoms with van der Waals surface area (Å²) >= 11 is 0. The molecule has 2 amide bonds. The Hall–Kier alpha value is -1.50. The first-order valence-electron chi connectivity index (χ1n) is 6.93. The minimum atomic E-state index is -0.809. The number of hydrogen-bond acceptors (Lipinski definition) is 2. The van der Waals surface area contributed by atoms with Gasteiger partial charge in [-0.05, 0) is 33.1 Å². The van der Waals surface area contributed by atoms with Crippen LogP contribution in [0.2, 0.25) is 0 Å².